The van der Waals surface area contributed by atoms with Crippen LogP contribution >= 0.6 is 27.3 Å². The Morgan fingerprint density at radius 1 is 1.47 bits per heavy atom. The van der Waals surface area contributed by atoms with Gasteiger partial charge in [0, 0.05) is 13.6 Å². The lowest BCUT2D eigenvalue weighted by molar-refractivity contribution is 0.0697. The van der Waals surface area contributed by atoms with Gasteiger partial charge >= 0.3 is 5.97 Å². The summed E-state index contributed by atoms with van der Waals surface area (Å²) in [7, 11) is 1.93. The second-order valence-corrected chi connectivity index (χ2v) is 6.48. The lowest BCUT2D eigenvalue weighted by Gasteiger charge is -2.20. The van der Waals surface area contributed by atoms with E-state index in [-0.39, 0.29) is 5.56 Å². The number of anilines is 2. The molecule has 0 saturated heterocycles. The molecule has 0 saturated carbocycles. The third kappa shape index (κ3) is 3.27. The molecule has 100 valence electrons. The molecule has 6 heteroatoms. The zero-order valence-corrected chi connectivity index (χ0v) is 12.7. The number of aromatic carboxylic acids is 1. The number of halogens is 1. The highest BCUT2D eigenvalue weighted by atomic mass is 79.9. The number of hydrogen-bond donors (Lipinski definition) is 2. The molecule has 19 heavy (non-hydrogen) atoms. The van der Waals surface area contributed by atoms with E-state index in [0.29, 0.717) is 5.69 Å². The van der Waals surface area contributed by atoms with Crippen LogP contribution in [0.25, 0.3) is 0 Å². The summed E-state index contributed by atoms with van der Waals surface area (Å²) in [5.74, 6) is -0.970. The predicted octanol–water partition coefficient (Wildman–Crippen LogP) is 3.43. The summed E-state index contributed by atoms with van der Waals surface area (Å²) in [4.78, 5) is 12.9. The number of nitrogens with zero attached hydrogens (tertiary/aromatic N) is 1. The van der Waals surface area contributed by atoms with Gasteiger partial charge in [-0.3, -0.25) is 0 Å². The molecule has 0 amide bonds. The Bertz CT molecular complexity index is 612. The zero-order valence-electron chi connectivity index (χ0n) is 10.3. The Hall–Kier alpha value is -1.53. The molecule has 0 fully saturated rings. The largest absolute Gasteiger partial charge is 0.478 e. The van der Waals surface area contributed by atoms with Gasteiger partial charge < -0.3 is 15.7 Å². The third-order valence-corrected chi connectivity index (χ3v) is 4.28. The normalized spacial score (nSPS) is 10.4. The molecule has 1 heterocycles. The Morgan fingerprint density at radius 3 is 2.74 bits per heavy atom. The summed E-state index contributed by atoms with van der Waals surface area (Å²) in [6.45, 7) is 0.721. The van der Waals surface area contributed by atoms with Crippen LogP contribution in [0.15, 0.2) is 33.4 Å². The summed E-state index contributed by atoms with van der Waals surface area (Å²) < 4.78 is 1.09. The number of rotatable bonds is 4. The number of carbonyl (C=O) groups is 1. The molecule has 1 aromatic heterocycles. The summed E-state index contributed by atoms with van der Waals surface area (Å²) in [6.07, 6.45) is 0. The molecular formula is C13H13BrN2O2S. The fourth-order valence-electron chi connectivity index (χ4n) is 1.82. The van der Waals surface area contributed by atoms with Crippen molar-refractivity contribution in [3.8, 4) is 0 Å². The molecule has 2 rings (SSSR count). The van der Waals surface area contributed by atoms with Gasteiger partial charge in [0.05, 0.1) is 20.7 Å². The minimum absolute atomic E-state index is 0.202. The first-order chi connectivity index (χ1) is 8.97. The molecule has 0 unspecified atom stereocenters. The first-order valence-corrected chi connectivity index (χ1v) is 7.21. The minimum Gasteiger partial charge on any atom is -0.478 e. The number of thiophene rings is 1. The lowest BCUT2D eigenvalue weighted by Crippen LogP contribution is -2.17. The maximum absolute atomic E-state index is 10.9. The van der Waals surface area contributed by atoms with E-state index in [1.54, 1.807) is 23.5 Å². The van der Waals surface area contributed by atoms with Gasteiger partial charge in [-0.15, -0.1) is 11.3 Å². The smallest absolute Gasteiger partial charge is 0.335 e. The van der Waals surface area contributed by atoms with Crippen LogP contribution in [-0.2, 0) is 6.54 Å². The highest BCUT2D eigenvalue weighted by Gasteiger charge is 2.10. The van der Waals surface area contributed by atoms with E-state index in [4.69, 9.17) is 10.8 Å². The summed E-state index contributed by atoms with van der Waals surface area (Å²) in [5.41, 5.74) is 8.59. The first-order valence-electron chi connectivity index (χ1n) is 5.54. The van der Waals surface area contributed by atoms with E-state index in [1.165, 1.54) is 11.6 Å². The zero-order chi connectivity index (χ0) is 14.0. The molecule has 0 aliphatic heterocycles. The van der Waals surface area contributed by atoms with Crippen LogP contribution in [0.3, 0.4) is 0 Å². The SMILES string of the molecule is CN(Cc1csc(Br)c1)c1ccc(C(=O)O)cc1N. The summed E-state index contributed by atoms with van der Waals surface area (Å²) in [6, 6.07) is 6.84. The van der Waals surface area contributed by atoms with Crippen molar-refractivity contribution in [1.82, 2.24) is 0 Å². The maximum Gasteiger partial charge on any atom is 0.335 e. The number of carboxylic acids is 1. The Morgan fingerprint density at radius 2 is 2.21 bits per heavy atom. The fourth-order valence-corrected chi connectivity index (χ4v) is 3.02. The fraction of sp³-hybridized carbons (Fsp3) is 0.154. The molecule has 0 bridgehead atoms. The quantitative estimate of drug-likeness (QED) is 0.836. The van der Waals surface area contributed by atoms with Gasteiger partial charge in [-0.05, 0) is 51.1 Å². The van der Waals surface area contributed by atoms with Crippen LogP contribution in [0.2, 0.25) is 0 Å². The van der Waals surface area contributed by atoms with Crippen LogP contribution in [-0.4, -0.2) is 18.1 Å². The molecule has 0 spiro atoms. The van der Waals surface area contributed by atoms with Crippen LogP contribution in [0.4, 0.5) is 11.4 Å². The first kappa shape index (κ1) is 13.9. The van der Waals surface area contributed by atoms with Gasteiger partial charge in [0.2, 0.25) is 0 Å². The molecular weight excluding hydrogens is 328 g/mol. The van der Waals surface area contributed by atoms with E-state index in [0.717, 1.165) is 16.0 Å². The molecule has 4 nitrogen and oxygen atoms in total. The Balaban J connectivity index is 2.19. The molecule has 0 atom stereocenters. The molecule has 0 aliphatic rings. The van der Waals surface area contributed by atoms with Crippen molar-refractivity contribution in [2.24, 2.45) is 0 Å². The topological polar surface area (TPSA) is 66.6 Å². The van der Waals surface area contributed by atoms with Crippen molar-refractivity contribution in [1.29, 1.82) is 0 Å². The Kier molecular flexibility index (Phi) is 4.11. The second kappa shape index (κ2) is 5.63. The third-order valence-electron chi connectivity index (χ3n) is 2.73. The number of nitrogens with two attached hydrogens (primary N) is 1. The number of hydrogen-bond acceptors (Lipinski definition) is 4. The van der Waals surface area contributed by atoms with Crippen LogP contribution < -0.4 is 10.6 Å². The summed E-state index contributed by atoms with van der Waals surface area (Å²) in [5, 5.41) is 11.0. The van der Waals surface area contributed by atoms with Crippen LogP contribution in [0, 0.1) is 0 Å². The van der Waals surface area contributed by atoms with E-state index < -0.39 is 5.97 Å². The van der Waals surface area contributed by atoms with E-state index in [9.17, 15) is 4.79 Å². The van der Waals surface area contributed by atoms with Crippen molar-refractivity contribution in [2.75, 3.05) is 17.7 Å². The van der Waals surface area contributed by atoms with Crippen molar-refractivity contribution < 1.29 is 9.90 Å². The number of benzene rings is 1. The molecule has 3 N–H and O–H groups in total. The monoisotopic (exact) mass is 340 g/mol. The number of carboxylic acid groups (broad SMARTS) is 1. The van der Waals surface area contributed by atoms with Gasteiger partial charge in [0.25, 0.3) is 0 Å². The number of nitrogen functional groups attached to an aromatic ring is 1. The summed E-state index contributed by atoms with van der Waals surface area (Å²) >= 11 is 5.06. The van der Waals surface area contributed by atoms with Gasteiger partial charge in [0.1, 0.15) is 0 Å². The molecule has 0 aliphatic carbocycles. The van der Waals surface area contributed by atoms with Gasteiger partial charge in [-0.2, -0.15) is 0 Å². The standard InChI is InChI=1S/C13H13BrN2O2S/c1-16(6-8-4-12(14)19-7-8)11-3-2-9(13(17)18)5-10(11)15/h2-5,7H,6,15H2,1H3,(H,17,18). The van der Waals surface area contributed by atoms with Gasteiger partial charge in [-0.25, -0.2) is 4.79 Å². The second-order valence-electron chi connectivity index (χ2n) is 4.19. The van der Waals surface area contributed by atoms with Gasteiger partial charge in [0.15, 0.2) is 0 Å². The Labute approximate surface area is 123 Å². The van der Waals surface area contributed by atoms with Crippen molar-refractivity contribution in [3.63, 3.8) is 0 Å². The average molecular weight is 341 g/mol. The predicted molar refractivity (Wildman–Crippen MR) is 81.9 cm³/mol. The van der Waals surface area contributed by atoms with E-state index in [1.807, 2.05) is 11.9 Å². The van der Waals surface area contributed by atoms with Crippen molar-refractivity contribution in [2.45, 2.75) is 6.54 Å². The maximum atomic E-state index is 10.9. The van der Waals surface area contributed by atoms with Crippen molar-refractivity contribution in [3.05, 3.63) is 44.6 Å². The average Bonchev–Trinajstić information content (AvgIpc) is 2.74. The van der Waals surface area contributed by atoms with E-state index in [2.05, 4.69) is 27.4 Å². The molecule has 2 aromatic rings. The van der Waals surface area contributed by atoms with E-state index >= 15 is 0 Å². The van der Waals surface area contributed by atoms with Crippen LogP contribution in [0.1, 0.15) is 15.9 Å². The van der Waals surface area contributed by atoms with Crippen molar-refractivity contribution >= 4 is 44.6 Å². The molecule has 0 radical (unpaired) electrons. The lowest BCUT2D eigenvalue weighted by atomic mass is 10.1. The minimum atomic E-state index is -0.970. The van der Waals surface area contributed by atoms with Crippen LogP contribution in [0.5, 0.6) is 0 Å². The van der Waals surface area contributed by atoms with Gasteiger partial charge in [-0.1, -0.05) is 0 Å². The highest BCUT2D eigenvalue weighted by Crippen LogP contribution is 2.27. The molecule has 1 aromatic carbocycles. The highest BCUT2D eigenvalue weighted by molar-refractivity contribution is 9.11.